The van der Waals surface area contributed by atoms with Crippen molar-refractivity contribution in [1.82, 2.24) is 4.31 Å². The molecule has 3 heterocycles. The third kappa shape index (κ3) is 2.54. The van der Waals surface area contributed by atoms with E-state index < -0.39 is 10.0 Å². The molecule has 102 valence electrons. The monoisotopic (exact) mass is 377 g/mol. The van der Waals surface area contributed by atoms with Crippen LogP contribution in [-0.4, -0.2) is 19.3 Å². The van der Waals surface area contributed by atoms with E-state index in [1.165, 1.54) is 11.3 Å². The van der Waals surface area contributed by atoms with Crippen LogP contribution in [0.1, 0.15) is 24.4 Å². The number of hydrogen-bond donors (Lipinski definition) is 0. The first-order valence-electron chi connectivity index (χ1n) is 5.88. The molecule has 0 spiro atoms. The summed E-state index contributed by atoms with van der Waals surface area (Å²) in [5, 5.41) is 4.04. The highest BCUT2D eigenvalue weighted by atomic mass is 79.9. The average molecular weight is 378 g/mol. The summed E-state index contributed by atoms with van der Waals surface area (Å²) < 4.78 is 28.3. The quantitative estimate of drug-likeness (QED) is 0.807. The van der Waals surface area contributed by atoms with Crippen molar-refractivity contribution in [3.8, 4) is 0 Å². The van der Waals surface area contributed by atoms with Crippen molar-refractivity contribution >= 4 is 48.6 Å². The molecule has 2 aromatic heterocycles. The lowest BCUT2D eigenvalue weighted by molar-refractivity contribution is 0.398. The lowest BCUT2D eigenvalue weighted by Crippen LogP contribution is -2.29. The molecule has 1 aliphatic heterocycles. The molecule has 7 heteroatoms. The highest BCUT2D eigenvalue weighted by molar-refractivity contribution is 9.11. The highest BCUT2D eigenvalue weighted by Crippen LogP contribution is 2.39. The van der Waals surface area contributed by atoms with Gasteiger partial charge in [-0.2, -0.15) is 15.6 Å². The van der Waals surface area contributed by atoms with E-state index in [4.69, 9.17) is 0 Å². The molecule has 0 bridgehead atoms. The minimum absolute atomic E-state index is 0.00266. The van der Waals surface area contributed by atoms with E-state index in [-0.39, 0.29) is 6.04 Å². The molecular weight excluding hydrogens is 366 g/mol. The van der Waals surface area contributed by atoms with Crippen molar-refractivity contribution in [2.24, 2.45) is 0 Å². The molecule has 2 aromatic rings. The van der Waals surface area contributed by atoms with Crippen molar-refractivity contribution in [2.75, 3.05) is 6.54 Å². The summed E-state index contributed by atoms with van der Waals surface area (Å²) >= 11 is 6.21. The van der Waals surface area contributed by atoms with E-state index >= 15 is 0 Å². The van der Waals surface area contributed by atoms with Crippen molar-refractivity contribution < 1.29 is 8.42 Å². The van der Waals surface area contributed by atoms with E-state index in [9.17, 15) is 8.42 Å². The van der Waals surface area contributed by atoms with E-state index in [0.717, 1.165) is 22.2 Å². The molecule has 0 radical (unpaired) electrons. The highest BCUT2D eigenvalue weighted by Gasteiger charge is 2.36. The van der Waals surface area contributed by atoms with Crippen molar-refractivity contribution in [1.29, 1.82) is 0 Å². The Labute approximate surface area is 129 Å². The summed E-state index contributed by atoms with van der Waals surface area (Å²) in [6.07, 6.45) is 1.83. The lowest BCUT2D eigenvalue weighted by atomic mass is 10.1. The first-order valence-corrected chi connectivity index (χ1v) is 9.87. The predicted octanol–water partition coefficient (Wildman–Crippen LogP) is 4.10. The van der Waals surface area contributed by atoms with Crippen LogP contribution in [0.15, 0.2) is 37.0 Å². The second kappa shape index (κ2) is 5.29. The Morgan fingerprint density at radius 1 is 1.32 bits per heavy atom. The molecule has 3 rings (SSSR count). The maximum absolute atomic E-state index is 12.7. The fourth-order valence-corrected chi connectivity index (χ4v) is 6.91. The molecular formula is C12H12BrNO2S3. The van der Waals surface area contributed by atoms with Crippen molar-refractivity contribution in [2.45, 2.75) is 23.1 Å². The normalized spacial score (nSPS) is 21.0. The summed E-state index contributed by atoms with van der Waals surface area (Å²) in [7, 11) is -3.37. The SMILES string of the molecule is O=S(=O)(c1ccc(Br)s1)N1CCCC1c1ccsc1. The Hall–Kier alpha value is -0.210. The maximum atomic E-state index is 12.7. The van der Waals surface area contributed by atoms with Crippen LogP contribution < -0.4 is 0 Å². The largest absolute Gasteiger partial charge is 0.253 e. The van der Waals surface area contributed by atoms with Crippen LogP contribution in [-0.2, 0) is 10.0 Å². The molecule has 19 heavy (non-hydrogen) atoms. The van der Waals surface area contributed by atoms with Gasteiger partial charge in [0.2, 0.25) is 0 Å². The average Bonchev–Trinajstić information content (AvgIpc) is 3.09. The van der Waals surface area contributed by atoms with Gasteiger partial charge >= 0.3 is 0 Å². The van der Waals surface area contributed by atoms with Gasteiger partial charge in [0.1, 0.15) is 4.21 Å². The molecule has 1 saturated heterocycles. The van der Waals surface area contributed by atoms with Gasteiger partial charge < -0.3 is 0 Å². The molecule has 0 amide bonds. The Balaban J connectivity index is 1.96. The molecule has 1 aliphatic rings. The summed E-state index contributed by atoms with van der Waals surface area (Å²) in [6.45, 7) is 0.609. The number of nitrogens with zero attached hydrogens (tertiary/aromatic N) is 1. The fraction of sp³-hybridized carbons (Fsp3) is 0.333. The number of rotatable bonds is 3. The van der Waals surface area contributed by atoms with Gasteiger partial charge in [-0.25, -0.2) is 8.42 Å². The van der Waals surface area contributed by atoms with E-state index in [0.29, 0.717) is 10.8 Å². The van der Waals surface area contributed by atoms with Crippen molar-refractivity contribution in [3.05, 3.63) is 38.3 Å². The molecule has 3 nitrogen and oxygen atoms in total. The summed E-state index contributed by atoms with van der Waals surface area (Å²) in [6, 6.07) is 5.48. The smallest absolute Gasteiger partial charge is 0.206 e. The second-order valence-corrected chi connectivity index (χ2v) is 9.75. The van der Waals surface area contributed by atoms with E-state index in [1.54, 1.807) is 27.8 Å². The van der Waals surface area contributed by atoms with Gasteiger partial charge in [-0.05, 0) is 63.3 Å². The van der Waals surface area contributed by atoms with Gasteiger partial charge in [0.15, 0.2) is 0 Å². The Morgan fingerprint density at radius 2 is 2.16 bits per heavy atom. The van der Waals surface area contributed by atoms with Gasteiger partial charge in [-0.1, -0.05) is 0 Å². The van der Waals surface area contributed by atoms with Gasteiger partial charge in [0.05, 0.1) is 9.83 Å². The van der Waals surface area contributed by atoms with Crippen LogP contribution in [0.3, 0.4) is 0 Å². The maximum Gasteiger partial charge on any atom is 0.253 e. The fourth-order valence-electron chi connectivity index (χ4n) is 2.38. The third-order valence-corrected chi connectivity index (χ3v) is 7.94. The van der Waals surface area contributed by atoms with Crippen LogP contribution in [0.4, 0.5) is 0 Å². The van der Waals surface area contributed by atoms with Crippen molar-refractivity contribution in [3.63, 3.8) is 0 Å². The first-order chi connectivity index (χ1) is 9.09. The lowest BCUT2D eigenvalue weighted by Gasteiger charge is -2.22. The van der Waals surface area contributed by atoms with Crippen LogP contribution in [0, 0.1) is 0 Å². The number of halogens is 1. The van der Waals surface area contributed by atoms with Crippen LogP contribution in [0.25, 0.3) is 0 Å². The molecule has 0 aromatic carbocycles. The minimum atomic E-state index is -3.37. The number of sulfonamides is 1. The molecule has 0 saturated carbocycles. The summed E-state index contributed by atoms with van der Waals surface area (Å²) in [5.74, 6) is 0. The Kier molecular flexibility index (Phi) is 3.83. The second-order valence-electron chi connectivity index (χ2n) is 4.39. The molecule has 1 atom stereocenters. The number of thiophene rings is 2. The third-order valence-electron chi connectivity index (χ3n) is 3.24. The predicted molar refractivity (Wildman–Crippen MR) is 82.2 cm³/mol. The Morgan fingerprint density at radius 3 is 2.79 bits per heavy atom. The van der Waals surface area contributed by atoms with E-state index in [2.05, 4.69) is 15.9 Å². The zero-order chi connectivity index (χ0) is 13.5. The zero-order valence-corrected chi connectivity index (χ0v) is 14.0. The first kappa shape index (κ1) is 13.8. The summed E-state index contributed by atoms with van der Waals surface area (Å²) in [4.78, 5) is 0. The molecule has 0 N–H and O–H groups in total. The van der Waals surface area contributed by atoms with Crippen LogP contribution in [0.5, 0.6) is 0 Å². The van der Waals surface area contributed by atoms with E-state index in [1.807, 2.05) is 16.8 Å². The van der Waals surface area contributed by atoms with Gasteiger partial charge in [0, 0.05) is 6.54 Å². The molecule has 1 fully saturated rings. The van der Waals surface area contributed by atoms with Crippen LogP contribution in [0.2, 0.25) is 0 Å². The Bertz CT molecular complexity index is 663. The molecule has 0 aliphatic carbocycles. The van der Waals surface area contributed by atoms with Gasteiger partial charge in [-0.15, -0.1) is 11.3 Å². The van der Waals surface area contributed by atoms with Gasteiger partial charge in [0.25, 0.3) is 10.0 Å². The molecule has 1 unspecified atom stereocenters. The zero-order valence-electron chi connectivity index (χ0n) is 9.95. The summed E-state index contributed by atoms with van der Waals surface area (Å²) in [5.41, 5.74) is 1.11. The van der Waals surface area contributed by atoms with Crippen LogP contribution >= 0.6 is 38.6 Å². The topological polar surface area (TPSA) is 37.4 Å². The van der Waals surface area contributed by atoms with Gasteiger partial charge in [-0.3, -0.25) is 0 Å². The standard InChI is InChI=1S/C12H12BrNO2S3/c13-11-3-4-12(18-11)19(15,16)14-6-1-2-10(14)9-5-7-17-8-9/h3-5,7-8,10H,1-2,6H2. The minimum Gasteiger partial charge on any atom is -0.206 e. The number of hydrogen-bond acceptors (Lipinski definition) is 4.